The summed E-state index contributed by atoms with van der Waals surface area (Å²) in [5.74, 6) is 1.25. The summed E-state index contributed by atoms with van der Waals surface area (Å²) in [6.07, 6.45) is 0.185. The van der Waals surface area contributed by atoms with Crippen LogP contribution in [-0.4, -0.2) is 38.0 Å². The zero-order valence-electron chi connectivity index (χ0n) is 21.3. The molecule has 2 aromatic carbocycles. The van der Waals surface area contributed by atoms with Crippen LogP contribution in [0.2, 0.25) is 0 Å². The Morgan fingerprint density at radius 1 is 1.03 bits per heavy atom. The van der Waals surface area contributed by atoms with Crippen LogP contribution in [0, 0.1) is 36.5 Å². The van der Waals surface area contributed by atoms with Crippen molar-refractivity contribution in [3.8, 4) is 40.5 Å². The minimum atomic E-state index is -0.161. The molecule has 0 saturated carbocycles. The van der Waals surface area contributed by atoms with E-state index >= 15 is 0 Å². The van der Waals surface area contributed by atoms with E-state index in [0.717, 1.165) is 16.8 Å². The highest BCUT2D eigenvalue weighted by Gasteiger charge is 2.23. The molecule has 3 aromatic rings. The van der Waals surface area contributed by atoms with E-state index in [4.69, 9.17) is 19.9 Å². The van der Waals surface area contributed by atoms with Gasteiger partial charge in [0.1, 0.15) is 28.5 Å². The van der Waals surface area contributed by atoms with Gasteiger partial charge in [0.05, 0.1) is 26.9 Å². The van der Waals surface area contributed by atoms with Gasteiger partial charge in [-0.3, -0.25) is 4.79 Å². The van der Waals surface area contributed by atoms with Crippen molar-refractivity contribution < 1.29 is 19.0 Å². The Kier molecular flexibility index (Phi) is 8.83. The molecule has 1 amide bonds. The number of hydrogen-bond donors (Lipinski definition) is 2. The average Bonchev–Trinajstić information content (AvgIpc) is 2.89. The number of carbonyl (C=O) groups excluding carboxylic acids is 1. The van der Waals surface area contributed by atoms with Crippen molar-refractivity contribution in [3.05, 3.63) is 52.6 Å². The third kappa shape index (κ3) is 5.88. The summed E-state index contributed by atoms with van der Waals surface area (Å²) in [6, 6.07) is 13.3. The molecule has 10 heteroatoms. The van der Waals surface area contributed by atoms with Crippen LogP contribution in [0.1, 0.15) is 28.7 Å². The fraction of sp³-hybridized carbons (Fsp3) is 0.259. The summed E-state index contributed by atoms with van der Waals surface area (Å²) in [7, 11) is 4.43. The van der Waals surface area contributed by atoms with Crippen LogP contribution in [0.3, 0.4) is 0 Å². The topological polar surface area (TPSA) is 143 Å². The zero-order chi connectivity index (χ0) is 27.1. The van der Waals surface area contributed by atoms with Gasteiger partial charge >= 0.3 is 0 Å². The van der Waals surface area contributed by atoms with Crippen molar-refractivity contribution in [1.82, 2.24) is 4.98 Å². The highest BCUT2D eigenvalue weighted by atomic mass is 32.2. The number of nitrogen functional groups attached to an aromatic ring is 1. The Labute approximate surface area is 220 Å². The van der Waals surface area contributed by atoms with Crippen LogP contribution in [0.15, 0.2) is 35.4 Å². The summed E-state index contributed by atoms with van der Waals surface area (Å²) < 4.78 is 16.3. The van der Waals surface area contributed by atoms with Gasteiger partial charge in [0.25, 0.3) is 0 Å². The second kappa shape index (κ2) is 12.0. The first-order valence-electron chi connectivity index (χ1n) is 11.2. The molecule has 3 rings (SSSR count). The number of aromatic nitrogens is 1. The summed E-state index contributed by atoms with van der Waals surface area (Å²) in [5.41, 5.74) is 9.92. The number of nitriles is 2. The van der Waals surface area contributed by atoms with Crippen LogP contribution >= 0.6 is 11.8 Å². The maximum Gasteiger partial charge on any atom is 0.225 e. The van der Waals surface area contributed by atoms with E-state index in [-0.39, 0.29) is 29.3 Å². The van der Waals surface area contributed by atoms with Crippen molar-refractivity contribution in [2.75, 3.05) is 38.1 Å². The van der Waals surface area contributed by atoms with Gasteiger partial charge in [-0.1, -0.05) is 12.1 Å². The van der Waals surface area contributed by atoms with Gasteiger partial charge in [-0.15, -0.1) is 11.8 Å². The van der Waals surface area contributed by atoms with Crippen LogP contribution in [0.5, 0.6) is 17.2 Å². The smallest absolute Gasteiger partial charge is 0.225 e. The predicted molar refractivity (Wildman–Crippen MR) is 143 cm³/mol. The monoisotopic (exact) mass is 517 g/mol. The molecule has 0 fully saturated rings. The standard InChI is InChI=1S/C27H27N5O4S/c1-15-6-7-16(2)20(10-15)31-23(33)8-9-37-27-19(14-29)24(18(13-28)26(30)32-27)17-11-21(34-3)25(36-5)22(12-17)35-4/h6-7,10-12H,8-9H2,1-5H3,(H2,30,32)(H,31,33). The van der Waals surface area contributed by atoms with Crippen LogP contribution in [-0.2, 0) is 4.79 Å². The maximum atomic E-state index is 12.6. The minimum absolute atomic E-state index is 0.0208. The van der Waals surface area contributed by atoms with Crippen LogP contribution in [0.25, 0.3) is 11.1 Å². The van der Waals surface area contributed by atoms with Gasteiger partial charge in [-0.2, -0.15) is 10.5 Å². The minimum Gasteiger partial charge on any atom is -0.493 e. The maximum absolute atomic E-state index is 12.6. The molecule has 1 heterocycles. The SMILES string of the molecule is COc1cc(-c2c(C#N)c(N)nc(SCCC(=O)Nc3cc(C)ccc3C)c2C#N)cc(OC)c1OC. The molecule has 3 N–H and O–H groups in total. The number of hydrogen-bond acceptors (Lipinski definition) is 9. The van der Waals surface area contributed by atoms with Gasteiger partial charge in [0.2, 0.25) is 11.7 Å². The molecule has 1 aromatic heterocycles. The number of ether oxygens (including phenoxy) is 3. The van der Waals surface area contributed by atoms with E-state index in [2.05, 4.69) is 22.4 Å². The lowest BCUT2D eigenvalue weighted by atomic mass is 9.96. The molecule has 0 aliphatic heterocycles. The van der Waals surface area contributed by atoms with E-state index in [1.165, 1.54) is 33.1 Å². The summed E-state index contributed by atoms with van der Waals surface area (Å²) in [6.45, 7) is 3.89. The van der Waals surface area contributed by atoms with Crippen molar-refractivity contribution in [1.29, 1.82) is 10.5 Å². The molecular weight excluding hydrogens is 490 g/mol. The van der Waals surface area contributed by atoms with Crippen molar-refractivity contribution >= 4 is 29.2 Å². The Hall–Kier alpha value is -4.41. The number of aryl methyl sites for hydroxylation is 2. The molecule has 9 nitrogen and oxygen atoms in total. The first kappa shape index (κ1) is 27.2. The molecule has 190 valence electrons. The largest absolute Gasteiger partial charge is 0.493 e. The highest BCUT2D eigenvalue weighted by Crippen LogP contribution is 2.44. The molecule has 0 saturated heterocycles. The van der Waals surface area contributed by atoms with E-state index in [9.17, 15) is 15.3 Å². The number of rotatable bonds is 9. The Morgan fingerprint density at radius 2 is 1.68 bits per heavy atom. The molecule has 0 aliphatic rings. The van der Waals surface area contributed by atoms with Gasteiger partial charge in [-0.05, 0) is 48.7 Å². The van der Waals surface area contributed by atoms with E-state index in [1.54, 1.807) is 12.1 Å². The van der Waals surface area contributed by atoms with Gasteiger partial charge in [0.15, 0.2) is 11.5 Å². The normalized spacial score (nSPS) is 10.2. The van der Waals surface area contributed by atoms with Gasteiger partial charge in [-0.25, -0.2) is 4.98 Å². The number of thioether (sulfide) groups is 1. The second-order valence-corrected chi connectivity index (χ2v) is 9.11. The van der Waals surface area contributed by atoms with Crippen molar-refractivity contribution in [3.63, 3.8) is 0 Å². The molecule has 0 spiro atoms. The first-order valence-corrected chi connectivity index (χ1v) is 12.2. The predicted octanol–water partition coefficient (Wildman–Crippen LogP) is 4.84. The van der Waals surface area contributed by atoms with Crippen molar-refractivity contribution in [2.24, 2.45) is 0 Å². The number of anilines is 2. The molecule has 0 radical (unpaired) electrons. The van der Waals surface area contributed by atoms with Crippen LogP contribution < -0.4 is 25.3 Å². The first-order chi connectivity index (χ1) is 17.8. The average molecular weight is 518 g/mol. The van der Waals surface area contributed by atoms with Gasteiger partial charge in [0, 0.05) is 23.4 Å². The highest BCUT2D eigenvalue weighted by molar-refractivity contribution is 7.99. The third-order valence-corrected chi connectivity index (χ3v) is 6.58. The molecule has 37 heavy (non-hydrogen) atoms. The number of nitrogens with one attached hydrogen (secondary N) is 1. The molecule has 0 unspecified atom stereocenters. The second-order valence-electron chi connectivity index (χ2n) is 8.03. The number of carbonyl (C=O) groups is 1. The number of nitrogens with zero attached hydrogens (tertiary/aromatic N) is 3. The summed E-state index contributed by atoms with van der Waals surface area (Å²) in [4.78, 5) is 16.9. The zero-order valence-corrected chi connectivity index (χ0v) is 22.1. The molecular formula is C27H27N5O4S. The molecule has 0 aliphatic carbocycles. The summed E-state index contributed by atoms with van der Waals surface area (Å²) >= 11 is 1.22. The van der Waals surface area contributed by atoms with Crippen molar-refractivity contribution in [2.45, 2.75) is 25.3 Å². The number of benzene rings is 2. The van der Waals surface area contributed by atoms with E-state index < -0.39 is 0 Å². The van der Waals surface area contributed by atoms with E-state index in [1.807, 2.05) is 32.0 Å². The number of pyridine rings is 1. The Bertz CT molecular complexity index is 1400. The lowest BCUT2D eigenvalue weighted by Gasteiger charge is -2.17. The molecule has 0 atom stereocenters. The summed E-state index contributed by atoms with van der Waals surface area (Å²) in [5, 5.41) is 23.1. The van der Waals surface area contributed by atoms with Gasteiger partial charge < -0.3 is 25.3 Å². The molecule has 0 bridgehead atoms. The third-order valence-electron chi connectivity index (χ3n) is 5.60. The Balaban J connectivity index is 1.95. The lowest BCUT2D eigenvalue weighted by molar-refractivity contribution is -0.115. The number of methoxy groups -OCH3 is 3. The van der Waals surface area contributed by atoms with E-state index in [0.29, 0.717) is 39.2 Å². The Morgan fingerprint density at radius 3 is 2.24 bits per heavy atom. The quantitative estimate of drug-likeness (QED) is 0.381. The fourth-order valence-electron chi connectivity index (χ4n) is 3.74. The van der Waals surface area contributed by atoms with Crippen LogP contribution in [0.4, 0.5) is 11.5 Å². The lowest BCUT2D eigenvalue weighted by Crippen LogP contribution is -2.13. The number of amides is 1. The fourth-order valence-corrected chi connectivity index (χ4v) is 4.68. The number of nitrogens with two attached hydrogens (primary N) is 1.